The van der Waals surface area contributed by atoms with E-state index < -0.39 is 66.9 Å². The smallest absolute Gasteiger partial charge is 0.330 e. The largest absolute Gasteiger partial charge is 0.497 e. The molecule has 4 N–H and O–H groups in total. The van der Waals surface area contributed by atoms with E-state index in [2.05, 4.69) is 10.3 Å². The van der Waals surface area contributed by atoms with Gasteiger partial charge in [-0.05, 0) is 88.1 Å². The number of aromatic amines is 1. The normalized spacial score (nSPS) is 18.6. The van der Waals surface area contributed by atoms with Crippen LogP contribution in [0.4, 0.5) is 5.69 Å². The van der Waals surface area contributed by atoms with Gasteiger partial charge in [0.15, 0.2) is 0 Å². The number of nitrogens with zero attached hydrogens (tertiary/aromatic N) is 3. The third-order valence-electron chi connectivity index (χ3n) is 11.0. The molecule has 0 bridgehead atoms. The number of carbonyl (C=O) groups is 1. The second kappa shape index (κ2) is 20.4. The van der Waals surface area contributed by atoms with Crippen molar-refractivity contribution in [2.24, 2.45) is 0 Å². The minimum atomic E-state index is -2.53. The zero-order valence-corrected chi connectivity index (χ0v) is 37.6. The summed E-state index contributed by atoms with van der Waals surface area (Å²) in [6, 6.07) is 28.7. The molecule has 18 heteroatoms. The van der Waals surface area contributed by atoms with Crippen LogP contribution in [0, 0.1) is 17.0 Å². The molecule has 1 aromatic heterocycles. The molecule has 0 aliphatic carbocycles. The van der Waals surface area contributed by atoms with Crippen LogP contribution in [0.15, 0.2) is 119 Å². The number of rotatable bonds is 19. The molecule has 5 atom stereocenters. The lowest BCUT2D eigenvalue weighted by Crippen LogP contribution is -2.52. The van der Waals surface area contributed by atoms with E-state index in [1.165, 1.54) is 31.3 Å². The van der Waals surface area contributed by atoms with Crippen molar-refractivity contribution in [2.45, 2.75) is 89.4 Å². The fourth-order valence-electron chi connectivity index (χ4n) is 8.02. The second-order valence-corrected chi connectivity index (χ2v) is 17.1. The van der Waals surface area contributed by atoms with E-state index in [-0.39, 0.29) is 41.9 Å². The molecule has 2 unspecified atom stereocenters. The molecule has 1 amide bonds. The summed E-state index contributed by atoms with van der Waals surface area (Å²) in [5.41, 5.74) is -1.06. The van der Waals surface area contributed by atoms with Gasteiger partial charge in [0.25, 0.3) is 25.7 Å². The standard InChI is InChI=1S/C46H54N5O12P/c1-29(2)50(30(3)4)64(58)63-45(55)27-40(49-28-31(5)42(52)48-44(49)54)61-41(45)39(24-25-47-43(53)32-12-11-15-36(26-32)51(56)57)62-46(33-13-9-8-10-14-33,34-16-20-37(59-6)21-17-34)35-18-22-38(60-7)23-19-35/h8-23,26,28-30,39-41,55,58H,24-25,27H2,1-7H3,(H,47,53)(H,48,52,54)/t39?,40-,41-,45+,64?/m1/s1. The molecule has 1 fully saturated rings. The highest BCUT2D eigenvalue weighted by Gasteiger charge is 2.57. The van der Waals surface area contributed by atoms with E-state index >= 15 is 0 Å². The molecule has 17 nitrogen and oxygen atoms in total. The molecule has 5 aromatic rings. The summed E-state index contributed by atoms with van der Waals surface area (Å²) in [6.07, 6.45) is -3.21. The lowest BCUT2D eigenvalue weighted by molar-refractivity contribution is -0.384. The van der Waals surface area contributed by atoms with Crippen LogP contribution in [-0.2, 0) is 19.6 Å². The number of nitro benzene ring substituents is 1. The number of aryl methyl sites for hydroxylation is 1. The van der Waals surface area contributed by atoms with Crippen LogP contribution in [0.2, 0.25) is 0 Å². The Kier molecular flexibility index (Phi) is 15.2. The number of nitrogens with one attached hydrogen (secondary N) is 2. The number of aromatic nitrogens is 2. The van der Waals surface area contributed by atoms with Gasteiger partial charge in [0.1, 0.15) is 29.4 Å². The topological polar surface area (TPSA) is 217 Å². The number of amides is 1. The van der Waals surface area contributed by atoms with Gasteiger partial charge in [-0.2, -0.15) is 0 Å². The Hall–Kier alpha value is -5.78. The summed E-state index contributed by atoms with van der Waals surface area (Å²) < 4.78 is 34.5. The zero-order chi connectivity index (χ0) is 46.3. The van der Waals surface area contributed by atoms with Crippen molar-refractivity contribution in [3.8, 4) is 11.5 Å². The van der Waals surface area contributed by atoms with Gasteiger partial charge in [-0.1, -0.05) is 60.7 Å². The monoisotopic (exact) mass is 899 g/mol. The highest BCUT2D eigenvalue weighted by molar-refractivity contribution is 7.43. The average Bonchev–Trinajstić information content (AvgIpc) is 3.62. The van der Waals surface area contributed by atoms with Gasteiger partial charge in [-0.25, -0.2) is 9.46 Å². The highest BCUT2D eigenvalue weighted by Crippen LogP contribution is 2.52. The van der Waals surface area contributed by atoms with Gasteiger partial charge in [0.05, 0.1) is 31.7 Å². The second-order valence-electron chi connectivity index (χ2n) is 16.0. The first-order chi connectivity index (χ1) is 30.5. The number of aliphatic hydroxyl groups is 1. The van der Waals surface area contributed by atoms with E-state index in [1.807, 2.05) is 82.3 Å². The number of H-pyrrole nitrogens is 1. The molecule has 6 rings (SSSR count). The number of ether oxygens (including phenoxy) is 4. The average molecular weight is 900 g/mol. The maximum Gasteiger partial charge on any atom is 0.330 e. The third-order valence-corrected chi connectivity index (χ3v) is 12.8. The van der Waals surface area contributed by atoms with Crippen molar-refractivity contribution < 1.29 is 43.2 Å². The van der Waals surface area contributed by atoms with Gasteiger partial charge in [0.2, 0.25) is 5.79 Å². The fraction of sp³-hybridized carbons (Fsp3) is 0.370. The molecule has 0 saturated carbocycles. The molecule has 0 spiro atoms. The van der Waals surface area contributed by atoms with Crippen molar-refractivity contribution in [2.75, 3.05) is 20.8 Å². The molecule has 1 aliphatic rings. The van der Waals surface area contributed by atoms with E-state index in [0.29, 0.717) is 28.2 Å². The molecule has 2 heterocycles. The number of benzene rings is 4. The van der Waals surface area contributed by atoms with E-state index in [4.69, 9.17) is 23.5 Å². The van der Waals surface area contributed by atoms with Crippen molar-refractivity contribution in [1.29, 1.82) is 0 Å². The molecule has 1 aliphatic heterocycles. The number of hydrogen-bond donors (Lipinski definition) is 4. The van der Waals surface area contributed by atoms with Gasteiger partial charge in [-0.15, -0.1) is 0 Å². The van der Waals surface area contributed by atoms with E-state index in [1.54, 1.807) is 43.2 Å². The van der Waals surface area contributed by atoms with E-state index in [0.717, 1.165) is 10.6 Å². The van der Waals surface area contributed by atoms with Gasteiger partial charge in [0, 0.05) is 48.1 Å². The maximum atomic E-state index is 13.6. The number of methoxy groups -OCH3 is 2. The van der Waals surface area contributed by atoms with Gasteiger partial charge in [-0.3, -0.25) is 33.8 Å². The summed E-state index contributed by atoms with van der Waals surface area (Å²) >= 11 is 0. The molecule has 340 valence electrons. The summed E-state index contributed by atoms with van der Waals surface area (Å²) in [5, 5.41) is 27.4. The number of hydrogen-bond acceptors (Lipinski definition) is 13. The number of nitro groups is 1. The van der Waals surface area contributed by atoms with Crippen molar-refractivity contribution in [3.63, 3.8) is 0 Å². The lowest BCUT2D eigenvalue weighted by atomic mass is 9.79. The van der Waals surface area contributed by atoms with Crippen molar-refractivity contribution in [1.82, 2.24) is 19.5 Å². The van der Waals surface area contributed by atoms with Crippen LogP contribution < -0.4 is 26.0 Å². The minimum Gasteiger partial charge on any atom is -0.497 e. The van der Waals surface area contributed by atoms with Crippen molar-refractivity contribution >= 4 is 20.1 Å². The zero-order valence-electron chi connectivity index (χ0n) is 36.7. The quantitative estimate of drug-likeness (QED) is 0.0236. The summed E-state index contributed by atoms with van der Waals surface area (Å²) in [5.74, 6) is -1.85. The SMILES string of the molecule is COc1ccc(C(OC(CCNC(=O)c2cccc([N+](=O)[O-])c2)[C@H]2O[C@@H](n3cc(C)c(=O)[nH]c3=O)C[C@]2(O)OP(O)N(C(C)C)C(C)C)(c2ccccc2)c2ccc(OC)cc2)cc1. The van der Waals surface area contributed by atoms with Gasteiger partial charge >= 0.3 is 5.69 Å². The molecule has 0 radical (unpaired) electrons. The Bertz CT molecular complexity index is 2440. The first kappa shape index (κ1) is 47.7. The molecular formula is C46H54N5O12P. The van der Waals surface area contributed by atoms with Crippen LogP contribution in [0.1, 0.15) is 79.4 Å². The predicted octanol–water partition coefficient (Wildman–Crippen LogP) is 6.30. The summed E-state index contributed by atoms with van der Waals surface area (Å²) in [4.78, 5) is 64.6. The van der Waals surface area contributed by atoms with Crippen LogP contribution in [0.3, 0.4) is 0 Å². The van der Waals surface area contributed by atoms with Crippen LogP contribution in [0.5, 0.6) is 11.5 Å². The van der Waals surface area contributed by atoms with Gasteiger partial charge < -0.3 is 34.3 Å². The molecule has 64 heavy (non-hydrogen) atoms. The minimum absolute atomic E-state index is 0.0417. The van der Waals surface area contributed by atoms with Crippen LogP contribution in [0.25, 0.3) is 0 Å². The number of non-ortho nitro benzene ring substituents is 1. The highest BCUT2D eigenvalue weighted by atomic mass is 31.2. The Morgan fingerprint density at radius 3 is 2.08 bits per heavy atom. The van der Waals surface area contributed by atoms with Crippen LogP contribution in [-0.4, -0.2) is 85.9 Å². The Morgan fingerprint density at radius 1 is 0.953 bits per heavy atom. The Labute approximate surface area is 371 Å². The molecule has 1 saturated heterocycles. The number of carbonyl (C=O) groups excluding carboxylic acids is 1. The summed E-state index contributed by atoms with van der Waals surface area (Å²) in [7, 11) is 0.576. The first-order valence-corrected chi connectivity index (χ1v) is 21.9. The van der Waals surface area contributed by atoms with Crippen molar-refractivity contribution in [3.05, 3.63) is 168 Å². The Morgan fingerprint density at radius 2 is 1.53 bits per heavy atom. The predicted molar refractivity (Wildman–Crippen MR) is 239 cm³/mol. The Balaban J connectivity index is 1.55. The molecular weight excluding hydrogens is 846 g/mol. The maximum absolute atomic E-state index is 13.6. The lowest BCUT2D eigenvalue weighted by Gasteiger charge is -2.43. The first-order valence-electron chi connectivity index (χ1n) is 20.7. The molecule has 4 aromatic carbocycles. The fourth-order valence-corrected chi connectivity index (χ4v) is 9.37. The van der Waals surface area contributed by atoms with E-state index in [9.17, 15) is 34.5 Å². The third kappa shape index (κ3) is 10.3. The van der Waals surface area contributed by atoms with Crippen LogP contribution >= 0.6 is 8.53 Å². The summed E-state index contributed by atoms with van der Waals surface area (Å²) in [6.45, 7) is 8.90.